The number of hydrogen-bond donors (Lipinski definition) is 2. The van der Waals surface area contributed by atoms with Gasteiger partial charge in [0.15, 0.2) is 0 Å². The zero-order valence-corrected chi connectivity index (χ0v) is 15.2. The van der Waals surface area contributed by atoms with Gasteiger partial charge < -0.3 is 20.3 Å². The molecule has 0 radical (unpaired) electrons. The van der Waals surface area contributed by atoms with E-state index in [4.69, 9.17) is 4.74 Å². The van der Waals surface area contributed by atoms with E-state index in [0.29, 0.717) is 37.2 Å². The summed E-state index contributed by atoms with van der Waals surface area (Å²) in [5, 5.41) is 14.7. The molecule has 0 bridgehead atoms. The minimum atomic E-state index is -0.522. The molecule has 0 unspecified atom stereocenters. The van der Waals surface area contributed by atoms with E-state index < -0.39 is 11.9 Å². The van der Waals surface area contributed by atoms with Crippen molar-refractivity contribution in [1.82, 2.24) is 10.2 Å². The van der Waals surface area contributed by atoms with Gasteiger partial charge in [-0.1, -0.05) is 12.1 Å². The van der Waals surface area contributed by atoms with E-state index in [1.165, 1.54) is 13.3 Å². The standard InChI is InChI=1S/C19H22N4O4/c1-27-19(26)15-6-2-3-7-16(15)22-13-14(12-20)18(25)21-9-5-11-23-10-4-8-17(23)24/h2-3,6-7,13,22H,4-5,8-11H2,1H3,(H,21,25)/b14-13-. The predicted octanol–water partition coefficient (Wildman–Crippen LogP) is 1.42. The van der Waals surface area contributed by atoms with Gasteiger partial charge in [0.2, 0.25) is 5.91 Å². The second-order valence-corrected chi connectivity index (χ2v) is 5.95. The van der Waals surface area contributed by atoms with E-state index in [9.17, 15) is 19.6 Å². The molecule has 1 aliphatic heterocycles. The minimum Gasteiger partial charge on any atom is -0.465 e. The van der Waals surface area contributed by atoms with Crippen molar-refractivity contribution in [2.45, 2.75) is 19.3 Å². The molecule has 2 rings (SSSR count). The molecule has 27 heavy (non-hydrogen) atoms. The van der Waals surface area contributed by atoms with Crippen LogP contribution in [0.4, 0.5) is 5.69 Å². The molecule has 1 aromatic rings. The smallest absolute Gasteiger partial charge is 0.339 e. The number of ether oxygens (including phenoxy) is 1. The fourth-order valence-corrected chi connectivity index (χ4v) is 2.70. The molecule has 2 N–H and O–H groups in total. The van der Waals surface area contributed by atoms with Crippen molar-refractivity contribution in [2.75, 3.05) is 32.1 Å². The van der Waals surface area contributed by atoms with Crippen molar-refractivity contribution in [3.05, 3.63) is 41.6 Å². The third-order valence-corrected chi connectivity index (χ3v) is 4.13. The fourth-order valence-electron chi connectivity index (χ4n) is 2.70. The second-order valence-electron chi connectivity index (χ2n) is 5.95. The summed E-state index contributed by atoms with van der Waals surface area (Å²) in [6, 6.07) is 8.45. The number of methoxy groups -OCH3 is 1. The van der Waals surface area contributed by atoms with Crippen LogP contribution in [0.1, 0.15) is 29.6 Å². The molecular weight excluding hydrogens is 348 g/mol. The maximum absolute atomic E-state index is 12.1. The number of anilines is 1. The highest BCUT2D eigenvalue weighted by atomic mass is 16.5. The topological polar surface area (TPSA) is 112 Å². The molecule has 1 saturated heterocycles. The van der Waals surface area contributed by atoms with Crippen LogP contribution in [0, 0.1) is 11.3 Å². The quantitative estimate of drug-likeness (QED) is 0.310. The molecular formula is C19H22N4O4. The lowest BCUT2D eigenvalue weighted by molar-refractivity contribution is -0.127. The van der Waals surface area contributed by atoms with Crippen molar-refractivity contribution >= 4 is 23.5 Å². The largest absolute Gasteiger partial charge is 0.465 e. The SMILES string of the molecule is COC(=O)c1ccccc1N/C=C(/C#N)C(=O)NCCCN1CCCC1=O. The Labute approximate surface area is 157 Å². The summed E-state index contributed by atoms with van der Waals surface area (Å²) in [6.45, 7) is 1.72. The van der Waals surface area contributed by atoms with Crippen LogP contribution in [-0.2, 0) is 14.3 Å². The zero-order valence-electron chi connectivity index (χ0n) is 15.2. The lowest BCUT2D eigenvalue weighted by Crippen LogP contribution is -2.31. The Morgan fingerprint density at radius 1 is 1.37 bits per heavy atom. The number of nitrogens with one attached hydrogen (secondary N) is 2. The summed E-state index contributed by atoms with van der Waals surface area (Å²) in [5.74, 6) is -0.897. The molecule has 0 spiro atoms. The van der Waals surface area contributed by atoms with E-state index in [1.54, 1.807) is 29.2 Å². The van der Waals surface area contributed by atoms with Crippen LogP contribution in [0.25, 0.3) is 0 Å². The van der Waals surface area contributed by atoms with Crippen LogP contribution >= 0.6 is 0 Å². The molecule has 1 heterocycles. The molecule has 2 amide bonds. The molecule has 0 atom stereocenters. The number of carbonyl (C=O) groups is 3. The van der Waals surface area contributed by atoms with Crippen LogP contribution in [0.2, 0.25) is 0 Å². The number of likely N-dealkylation sites (tertiary alicyclic amines) is 1. The van der Waals surface area contributed by atoms with Crippen LogP contribution in [0.5, 0.6) is 0 Å². The first-order valence-electron chi connectivity index (χ1n) is 8.67. The van der Waals surface area contributed by atoms with Gasteiger partial charge in [0, 0.05) is 32.3 Å². The molecule has 0 saturated carbocycles. The Hall–Kier alpha value is -3.34. The van der Waals surface area contributed by atoms with E-state index in [2.05, 4.69) is 10.6 Å². The summed E-state index contributed by atoms with van der Waals surface area (Å²) in [7, 11) is 1.28. The number of esters is 1. The molecule has 1 aromatic carbocycles. The van der Waals surface area contributed by atoms with E-state index >= 15 is 0 Å². The number of amides is 2. The maximum atomic E-state index is 12.1. The monoisotopic (exact) mass is 370 g/mol. The van der Waals surface area contributed by atoms with Gasteiger partial charge in [0.05, 0.1) is 18.4 Å². The molecule has 8 nitrogen and oxygen atoms in total. The Bertz CT molecular complexity index is 782. The third kappa shape index (κ3) is 5.57. The lowest BCUT2D eigenvalue weighted by atomic mass is 10.2. The normalized spacial score (nSPS) is 13.9. The van der Waals surface area contributed by atoms with Crippen LogP contribution in [0.3, 0.4) is 0 Å². The van der Waals surface area contributed by atoms with Crippen molar-refractivity contribution in [1.29, 1.82) is 5.26 Å². The van der Waals surface area contributed by atoms with E-state index in [-0.39, 0.29) is 11.5 Å². The fraction of sp³-hybridized carbons (Fsp3) is 0.368. The van der Waals surface area contributed by atoms with Gasteiger partial charge in [-0.3, -0.25) is 9.59 Å². The molecule has 1 aliphatic rings. The summed E-state index contributed by atoms with van der Waals surface area (Å²) < 4.78 is 4.70. The van der Waals surface area contributed by atoms with E-state index in [1.807, 2.05) is 6.07 Å². The molecule has 0 aromatic heterocycles. The van der Waals surface area contributed by atoms with Crippen molar-refractivity contribution < 1.29 is 19.1 Å². The Kier molecular flexibility index (Phi) is 7.37. The van der Waals surface area contributed by atoms with Gasteiger partial charge in [0.25, 0.3) is 5.91 Å². The first-order valence-corrected chi connectivity index (χ1v) is 8.67. The lowest BCUT2D eigenvalue weighted by Gasteiger charge is -2.15. The average molecular weight is 370 g/mol. The predicted molar refractivity (Wildman–Crippen MR) is 98.5 cm³/mol. The second kappa shape index (κ2) is 9.97. The zero-order chi connectivity index (χ0) is 19.6. The van der Waals surface area contributed by atoms with Gasteiger partial charge in [-0.25, -0.2) is 4.79 Å². The maximum Gasteiger partial charge on any atom is 0.339 e. The van der Waals surface area contributed by atoms with Crippen LogP contribution in [0.15, 0.2) is 36.0 Å². The molecule has 1 fully saturated rings. The first-order chi connectivity index (χ1) is 13.1. The van der Waals surface area contributed by atoms with Gasteiger partial charge in [0.1, 0.15) is 11.6 Å². The molecule has 8 heteroatoms. The summed E-state index contributed by atoms with van der Waals surface area (Å²) in [4.78, 5) is 37.1. The highest BCUT2D eigenvalue weighted by Gasteiger charge is 2.19. The van der Waals surface area contributed by atoms with Gasteiger partial charge >= 0.3 is 5.97 Å². The number of nitrogens with zero attached hydrogens (tertiary/aromatic N) is 2. The van der Waals surface area contributed by atoms with Crippen molar-refractivity contribution in [2.24, 2.45) is 0 Å². The van der Waals surface area contributed by atoms with Gasteiger partial charge in [-0.2, -0.15) is 5.26 Å². The number of benzene rings is 1. The first kappa shape index (κ1) is 20.0. The number of para-hydroxylation sites is 1. The van der Waals surface area contributed by atoms with Crippen molar-refractivity contribution in [3.63, 3.8) is 0 Å². The van der Waals surface area contributed by atoms with Crippen LogP contribution in [-0.4, -0.2) is 49.4 Å². The minimum absolute atomic E-state index is 0.119. The van der Waals surface area contributed by atoms with E-state index in [0.717, 1.165) is 13.0 Å². The number of nitriles is 1. The third-order valence-electron chi connectivity index (χ3n) is 4.13. The van der Waals surface area contributed by atoms with Gasteiger partial charge in [-0.05, 0) is 25.0 Å². The van der Waals surface area contributed by atoms with Crippen LogP contribution < -0.4 is 10.6 Å². The number of hydrogen-bond acceptors (Lipinski definition) is 6. The molecule has 142 valence electrons. The van der Waals surface area contributed by atoms with Gasteiger partial charge in [-0.15, -0.1) is 0 Å². The summed E-state index contributed by atoms with van der Waals surface area (Å²) in [6.07, 6.45) is 3.34. The highest BCUT2D eigenvalue weighted by Crippen LogP contribution is 2.16. The van der Waals surface area contributed by atoms with Crippen molar-refractivity contribution in [3.8, 4) is 6.07 Å². The molecule has 0 aliphatic carbocycles. The Morgan fingerprint density at radius 2 is 2.15 bits per heavy atom. The Balaban J connectivity index is 1.88. The Morgan fingerprint density at radius 3 is 2.81 bits per heavy atom. The highest BCUT2D eigenvalue weighted by molar-refractivity contribution is 5.98. The number of rotatable bonds is 8. The average Bonchev–Trinajstić information content (AvgIpc) is 3.10. The summed E-state index contributed by atoms with van der Waals surface area (Å²) in [5.41, 5.74) is 0.605. The summed E-state index contributed by atoms with van der Waals surface area (Å²) >= 11 is 0. The number of carbonyl (C=O) groups excluding carboxylic acids is 3.